The monoisotopic (exact) mass is 241 g/mol. The number of carbonyl (C=O) groups excluding carboxylic acids is 1. The van der Waals surface area contributed by atoms with Gasteiger partial charge in [0.25, 0.3) is 5.76 Å². The number of hydrogen-bond acceptors (Lipinski definition) is 3. The molecule has 1 aromatic carbocycles. The van der Waals surface area contributed by atoms with Gasteiger partial charge < -0.3 is 0 Å². The summed E-state index contributed by atoms with van der Waals surface area (Å²) in [6.45, 7) is 0. The minimum Gasteiger partial charge on any atom is -0.211 e. The summed E-state index contributed by atoms with van der Waals surface area (Å²) in [7, 11) is 0. The number of rotatable bonds is 4. The van der Waals surface area contributed by atoms with Gasteiger partial charge in [-0.3, -0.25) is 0 Å². The van der Waals surface area contributed by atoms with Gasteiger partial charge in [-0.25, -0.2) is 4.79 Å². The molecule has 0 amide bonds. The molecule has 5 heteroatoms. The van der Waals surface area contributed by atoms with Crippen LogP contribution in [0.3, 0.4) is 0 Å². The third-order valence-corrected chi connectivity index (χ3v) is 3.28. The van der Waals surface area contributed by atoms with Crippen LogP contribution in [0.2, 0.25) is 0 Å². The van der Waals surface area contributed by atoms with E-state index in [2.05, 4.69) is 4.99 Å². The maximum absolute atomic E-state index is 12.2. The van der Waals surface area contributed by atoms with Crippen molar-refractivity contribution in [3.63, 3.8) is 0 Å². The summed E-state index contributed by atoms with van der Waals surface area (Å²) in [6, 6.07) is 6.81. The molecule has 0 aromatic heterocycles. The standard InChI is InChI=1S/C11H9F2NOS/c12-10(13)16-9-3-1-2-8(6-9)11(4-5-11)14-7-15/h1-3,6,10H,4-5H2. The van der Waals surface area contributed by atoms with Crippen molar-refractivity contribution in [1.29, 1.82) is 0 Å². The molecule has 1 aliphatic carbocycles. The fourth-order valence-electron chi connectivity index (χ4n) is 1.63. The summed E-state index contributed by atoms with van der Waals surface area (Å²) >= 11 is 0.501. The van der Waals surface area contributed by atoms with E-state index in [1.807, 2.05) is 6.07 Å². The van der Waals surface area contributed by atoms with E-state index >= 15 is 0 Å². The normalized spacial score (nSPS) is 16.9. The van der Waals surface area contributed by atoms with E-state index in [1.54, 1.807) is 24.3 Å². The van der Waals surface area contributed by atoms with Crippen molar-refractivity contribution in [3.8, 4) is 0 Å². The molecule has 0 heterocycles. The molecule has 0 N–H and O–H groups in total. The van der Waals surface area contributed by atoms with Crippen LogP contribution in [0.1, 0.15) is 18.4 Å². The molecular formula is C11H9F2NOS. The molecule has 2 rings (SSSR count). The first-order valence-electron chi connectivity index (χ1n) is 4.81. The summed E-state index contributed by atoms with van der Waals surface area (Å²) in [6.07, 6.45) is 3.11. The van der Waals surface area contributed by atoms with Crippen LogP contribution in [0.25, 0.3) is 0 Å². The molecular weight excluding hydrogens is 232 g/mol. The Balaban J connectivity index is 2.26. The number of hydrogen-bond donors (Lipinski definition) is 0. The maximum atomic E-state index is 12.2. The first kappa shape index (κ1) is 11.3. The van der Waals surface area contributed by atoms with Crippen molar-refractivity contribution < 1.29 is 13.6 Å². The van der Waals surface area contributed by atoms with E-state index in [0.717, 1.165) is 18.4 Å². The first-order chi connectivity index (χ1) is 7.66. The summed E-state index contributed by atoms with van der Waals surface area (Å²) in [5.74, 6) is -2.43. The lowest BCUT2D eigenvalue weighted by Crippen LogP contribution is -2.02. The van der Waals surface area contributed by atoms with E-state index in [9.17, 15) is 13.6 Å². The molecule has 0 aliphatic heterocycles. The van der Waals surface area contributed by atoms with Crippen molar-refractivity contribution >= 4 is 17.8 Å². The van der Waals surface area contributed by atoms with Gasteiger partial charge in [0.05, 0.1) is 5.54 Å². The maximum Gasteiger partial charge on any atom is 0.288 e. The van der Waals surface area contributed by atoms with Crippen LogP contribution in [-0.4, -0.2) is 11.8 Å². The number of thioether (sulfide) groups is 1. The molecule has 1 aliphatic rings. The highest BCUT2D eigenvalue weighted by Crippen LogP contribution is 2.49. The topological polar surface area (TPSA) is 29.4 Å². The lowest BCUT2D eigenvalue weighted by atomic mass is 10.1. The number of benzene rings is 1. The van der Waals surface area contributed by atoms with Gasteiger partial charge in [-0.05, 0) is 30.5 Å². The predicted octanol–water partition coefficient (Wildman–Crippen LogP) is 3.33. The lowest BCUT2D eigenvalue weighted by Gasteiger charge is -2.09. The van der Waals surface area contributed by atoms with Crippen LogP contribution in [-0.2, 0) is 10.3 Å². The SMILES string of the molecule is O=C=NC1(c2cccc(SC(F)F)c2)CC1. The van der Waals surface area contributed by atoms with E-state index in [-0.39, 0.29) is 0 Å². The Morgan fingerprint density at radius 3 is 2.75 bits per heavy atom. The van der Waals surface area contributed by atoms with Crippen molar-refractivity contribution in [2.45, 2.75) is 29.0 Å². The molecule has 1 fully saturated rings. The van der Waals surface area contributed by atoms with Crippen LogP contribution in [0.4, 0.5) is 8.78 Å². The van der Waals surface area contributed by atoms with E-state index in [0.29, 0.717) is 16.7 Å². The third kappa shape index (κ3) is 2.31. The van der Waals surface area contributed by atoms with Gasteiger partial charge in [0.2, 0.25) is 6.08 Å². The Kier molecular flexibility index (Phi) is 3.08. The van der Waals surface area contributed by atoms with Crippen LogP contribution >= 0.6 is 11.8 Å². The average Bonchev–Trinajstić information content (AvgIpc) is 2.99. The van der Waals surface area contributed by atoms with Gasteiger partial charge in [0, 0.05) is 4.90 Å². The summed E-state index contributed by atoms with van der Waals surface area (Å²) in [4.78, 5) is 14.5. The smallest absolute Gasteiger partial charge is 0.211 e. The highest BCUT2D eigenvalue weighted by molar-refractivity contribution is 7.99. The number of nitrogens with zero attached hydrogens (tertiary/aromatic N) is 1. The van der Waals surface area contributed by atoms with Crippen LogP contribution in [0.5, 0.6) is 0 Å². The second-order valence-electron chi connectivity index (χ2n) is 3.64. The van der Waals surface area contributed by atoms with Crippen LogP contribution in [0.15, 0.2) is 34.2 Å². The Morgan fingerprint density at radius 1 is 1.44 bits per heavy atom. The molecule has 0 spiro atoms. The molecule has 1 saturated carbocycles. The Hall–Kier alpha value is -1.19. The third-order valence-electron chi connectivity index (χ3n) is 2.58. The quantitative estimate of drug-likeness (QED) is 0.459. The van der Waals surface area contributed by atoms with Crippen molar-refractivity contribution in [1.82, 2.24) is 0 Å². The highest BCUT2D eigenvalue weighted by Gasteiger charge is 2.44. The fraction of sp³-hybridized carbons (Fsp3) is 0.364. The number of aliphatic imine (C=N–C) groups is 1. The predicted molar refractivity (Wildman–Crippen MR) is 57.3 cm³/mol. The minimum absolute atomic E-state index is 0.486. The summed E-state index contributed by atoms with van der Waals surface area (Å²) in [5.41, 5.74) is 0.335. The highest BCUT2D eigenvalue weighted by atomic mass is 32.2. The number of alkyl halides is 2. The minimum atomic E-state index is -2.43. The molecule has 0 unspecified atom stereocenters. The zero-order chi connectivity index (χ0) is 11.6. The molecule has 0 radical (unpaired) electrons. The average molecular weight is 241 g/mol. The second kappa shape index (κ2) is 4.36. The molecule has 0 saturated heterocycles. The summed E-state index contributed by atoms with van der Waals surface area (Å²) < 4.78 is 24.4. The van der Waals surface area contributed by atoms with Gasteiger partial charge in [-0.1, -0.05) is 23.9 Å². The van der Waals surface area contributed by atoms with Gasteiger partial charge in [-0.2, -0.15) is 13.8 Å². The van der Waals surface area contributed by atoms with Gasteiger partial charge >= 0.3 is 0 Å². The Bertz CT molecular complexity index is 439. The molecule has 16 heavy (non-hydrogen) atoms. The van der Waals surface area contributed by atoms with Gasteiger partial charge in [0.15, 0.2) is 0 Å². The molecule has 0 atom stereocenters. The van der Waals surface area contributed by atoms with E-state index in [1.165, 1.54) is 0 Å². The largest absolute Gasteiger partial charge is 0.288 e. The van der Waals surface area contributed by atoms with E-state index in [4.69, 9.17) is 0 Å². The molecule has 0 bridgehead atoms. The van der Waals surface area contributed by atoms with E-state index < -0.39 is 11.3 Å². The Morgan fingerprint density at radius 2 is 2.19 bits per heavy atom. The van der Waals surface area contributed by atoms with Crippen molar-refractivity contribution in [2.24, 2.45) is 4.99 Å². The van der Waals surface area contributed by atoms with Crippen LogP contribution < -0.4 is 0 Å². The summed E-state index contributed by atoms with van der Waals surface area (Å²) in [5, 5.41) is 0. The first-order valence-corrected chi connectivity index (χ1v) is 5.69. The lowest BCUT2D eigenvalue weighted by molar-refractivity contribution is 0.252. The fourth-order valence-corrected chi connectivity index (χ4v) is 2.19. The van der Waals surface area contributed by atoms with Crippen LogP contribution in [0, 0.1) is 0 Å². The molecule has 1 aromatic rings. The van der Waals surface area contributed by atoms with Gasteiger partial charge in [-0.15, -0.1) is 0 Å². The zero-order valence-corrected chi connectivity index (χ0v) is 9.14. The van der Waals surface area contributed by atoms with Crippen molar-refractivity contribution in [3.05, 3.63) is 29.8 Å². The zero-order valence-electron chi connectivity index (χ0n) is 8.32. The number of halogens is 2. The molecule has 84 valence electrons. The van der Waals surface area contributed by atoms with Gasteiger partial charge in [0.1, 0.15) is 0 Å². The second-order valence-corrected chi connectivity index (χ2v) is 4.70. The number of isocyanates is 1. The molecule has 2 nitrogen and oxygen atoms in total. The Labute approximate surface area is 95.8 Å². The van der Waals surface area contributed by atoms with Crippen molar-refractivity contribution in [2.75, 3.05) is 0 Å².